The Morgan fingerprint density at radius 1 is 1.60 bits per heavy atom. The molecule has 0 aliphatic heterocycles. The molecule has 0 aromatic carbocycles. The van der Waals surface area contributed by atoms with Crippen LogP contribution in [-0.4, -0.2) is 22.1 Å². The van der Waals surface area contributed by atoms with Crippen molar-refractivity contribution in [2.45, 2.75) is 32.3 Å². The number of oxime groups is 1. The summed E-state index contributed by atoms with van der Waals surface area (Å²) in [5.74, 6) is 0.352. The van der Waals surface area contributed by atoms with Crippen LogP contribution in [-0.2, 0) is 0 Å². The van der Waals surface area contributed by atoms with Crippen LogP contribution in [0.25, 0.3) is 0 Å². The van der Waals surface area contributed by atoms with Crippen LogP contribution in [0, 0.1) is 5.92 Å². The van der Waals surface area contributed by atoms with Gasteiger partial charge in [-0.15, -0.1) is 0 Å². The van der Waals surface area contributed by atoms with Gasteiger partial charge in [0, 0.05) is 6.42 Å². The topological polar surface area (TPSA) is 52.8 Å². The van der Waals surface area contributed by atoms with Gasteiger partial charge in [-0.2, -0.15) is 0 Å². The summed E-state index contributed by atoms with van der Waals surface area (Å²) >= 11 is 0. The van der Waals surface area contributed by atoms with Gasteiger partial charge in [-0.3, -0.25) is 0 Å². The van der Waals surface area contributed by atoms with Gasteiger partial charge in [0.15, 0.2) is 0 Å². The first kappa shape index (κ1) is 7.54. The van der Waals surface area contributed by atoms with Gasteiger partial charge < -0.3 is 10.3 Å². The van der Waals surface area contributed by atoms with Crippen LogP contribution >= 0.6 is 0 Å². The second-order valence-electron chi connectivity index (χ2n) is 2.95. The SMILES string of the molecule is C[C@@H]1CC/C(=N/O)C[C@H]1O. The maximum atomic E-state index is 9.29. The minimum Gasteiger partial charge on any atom is -0.411 e. The molecular formula is C7H13NO2. The molecule has 0 aromatic rings. The summed E-state index contributed by atoms with van der Waals surface area (Å²) in [7, 11) is 0. The standard InChI is InChI=1S/C7H13NO2/c1-5-2-3-6(8-10)4-7(5)9/h5,7,9-10H,2-4H2,1H3/b8-6-/t5-,7-/m1/s1. The van der Waals surface area contributed by atoms with E-state index in [1.807, 2.05) is 6.92 Å². The Hall–Kier alpha value is -0.570. The van der Waals surface area contributed by atoms with E-state index in [2.05, 4.69) is 5.16 Å². The Kier molecular flexibility index (Phi) is 2.27. The van der Waals surface area contributed by atoms with Crippen LogP contribution in [0.3, 0.4) is 0 Å². The molecule has 58 valence electrons. The van der Waals surface area contributed by atoms with E-state index in [4.69, 9.17) is 5.21 Å². The Labute approximate surface area is 60.4 Å². The Morgan fingerprint density at radius 3 is 2.80 bits per heavy atom. The molecule has 3 nitrogen and oxygen atoms in total. The molecule has 0 bridgehead atoms. The predicted octanol–water partition coefficient (Wildman–Crippen LogP) is 0.997. The number of nitrogens with zero attached hydrogens (tertiary/aromatic N) is 1. The van der Waals surface area contributed by atoms with Crippen LogP contribution < -0.4 is 0 Å². The van der Waals surface area contributed by atoms with E-state index in [1.54, 1.807) is 0 Å². The fourth-order valence-corrected chi connectivity index (χ4v) is 1.22. The van der Waals surface area contributed by atoms with Crippen molar-refractivity contribution in [1.82, 2.24) is 0 Å². The molecule has 1 aliphatic rings. The summed E-state index contributed by atoms with van der Waals surface area (Å²) in [6.07, 6.45) is 1.99. The molecule has 3 heteroatoms. The molecule has 2 atom stereocenters. The first-order chi connectivity index (χ1) is 4.74. The summed E-state index contributed by atoms with van der Waals surface area (Å²) in [6, 6.07) is 0. The Bertz CT molecular complexity index is 145. The molecule has 0 unspecified atom stereocenters. The minimum atomic E-state index is -0.306. The van der Waals surface area contributed by atoms with E-state index < -0.39 is 0 Å². The predicted molar refractivity (Wildman–Crippen MR) is 38.2 cm³/mol. The molecule has 0 amide bonds. The van der Waals surface area contributed by atoms with E-state index >= 15 is 0 Å². The maximum Gasteiger partial charge on any atom is 0.0619 e. The molecule has 1 saturated carbocycles. The van der Waals surface area contributed by atoms with Crippen molar-refractivity contribution >= 4 is 5.71 Å². The molecule has 0 saturated heterocycles. The fourth-order valence-electron chi connectivity index (χ4n) is 1.22. The van der Waals surface area contributed by atoms with E-state index in [0.717, 1.165) is 18.6 Å². The lowest BCUT2D eigenvalue weighted by Crippen LogP contribution is -2.27. The third-order valence-electron chi connectivity index (χ3n) is 2.13. The van der Waals surface area contributed by atoms with E-state index in [9.17, 15) is 5.11 Å². The molecule has 0 aromatic heterocycles. The van der Waals surface area contributed by atoms with Crippen molar-refractivity contribution in [2.24, 2.45) is 11.1 Å². The molecule has 0 heterocycles. The van der Waals surface area contributed by atoms with Crippen molar-refractivity contribution in [1.29, 1.82) is 0 Å². The van der Waals surface area contributed by atoms with Crippen LogP contribution in [0.2, 0.25) is 0 Å². The van der Waals surface area contributed by atoms with Gasteiger partial charge in [0.05, 0.1) is 11.8 Å². The zero-order valence-electron chi connectivity index (χ0n) is 6.12. The molecule has 1 fully saturated rings. The molecule has 0 radical (unpaired) electrons. The average molecular weight is 143 g/mol. The summed E-state index contributed by atoms with van der Waals surface area (Å²) in [5, 5.41) is 20.7. The van der Waals surface area contributed by atoms with Crippen molar-refractivity contribution in [3.05, 3.63) is 0 Å². The lowest BCUT2D eigenvalue weighted by molar-refractivity contribution is 0.109. The van der Waals surface area contributed by atoms with Gasteiger partial charge in [0.1, 0.15) is 0 Å². The summed E-state index contributed by atoms with van der Waals surface area (Å²) in [4.78, 5) is 0. The van der Waals surface area contributed by atoms with Crippen molar-refractivity contribution in [2.75, 3.05) is 0 Å². The van der Waals surface area contributed by atoms with Crippen molar-refractivity contribution in [3.8, 4) is 0 Å². The fraction of sp³-hybridized carbons (Fsp3) is 0.857. The van der Waals surface area contributed by atoms with Crippen LogP contribution in [0.1, 0.15) is 26.2 Å². The number of aliphatic hydroxyl groups excluding tert-OH is 1. The number of hydrogen-bond acceptors (Lipinski definition) is 3. The largest absolute Gasteiger partial charge is 0.411 e. The zero-order chi connectivity index (χ0) is 7.56. The van der Waals surface area contributed by atoms with Gasteiger partial charge in [0.25, 0.3) is 0 Å². The maximum absolute atomic E-state index is 9.29. The molecule has 10 heavy (non-hydrogen) atoms. The van der Waals surface area contributed by atoms with Crippen molar-refractivity contribution < 1.29 is 10.3 Å². The number of rotatable bonds is 0. The molecule has 2 N–H and O–H groups in total. The highest BCUT2D eigenvalue weighted by Gasteiger charge is 2.22. The monoisotopic (exact) mass is 143 g/mol. The molecule has 1 aliphatic carbocycles. The molecule has 0 spiro atoms. The van der Waals surface area contributed by atoms with Crippen molar-refractivity contribution in [3.63, 3.8) is 0 Å². The minimum absolute atomic E-state index is 0.306. The lowest BCUT2D eigenvalue weighted by Gasteiger charge is -2.24. The first-order valence-corrected chi connectivity index (χ1v) is 3.62. The van der Waals surface area contributed by atoms with Gasteiger partial charge >= 0.3 is 0 Å². The first-order valence-electron chi connectivity index (χ1n) is 3.62. The average Bonchev–Trinajstić information content (AvgIpc) is 1.95. The summed E-state index contributed by atoms with van der Waals surface area (Å²) in [6.45, 7) is 2.01. The van der Waals surface area contributed by atoms with Crippen LogP contribution in [0.15, 0.2) is 5.16 Å². The summed E-state index contributed by atoms with van der Waals surface area (Å²) in [5.41, 5.74) is 0.727. The van der Waals surface area contributed by atoms with E-state index in [-0.39, 0.29) is 6.10 Å². The Morgan fingerprint density at radius 2 is 2.30 bits per heavy atom. The number of hydrogen-bond donors (Lipinski definition) is 2. The van der Waals surface area contributed by atoms with Gasteiger partial charge in [-0.05, 0) is 18.8 Å². The van der Waals surface area contributed by atoms with Gasteiger partial charge in [-0.25, -0.2) is 0 Å². The third kappa shape index (κ3) is 1.48. The van der Waals surface area contributed by atoms with Crippen LogP contribution in [0.5, 0.6) is 0 Å². The van der Waals surface area contributed by atoms with E-state index in [1.165, 1.54) is 0 Å². The number of aliphatic hydroxyl groups is 1. The Balaban J connectivity index is 2.48. The van der Waals surface area contributed by atoms with Crippen LogP contribution in [0.4, 0.5) is 0 Å². The highest BCUT2D eigenvalue weighted by atomic mass is 16.4. The second-order valence-corrected chi connectivity index (χ2v) is 2.95. The summed E-state index contributed by atoms with van der Waals surface area (Å²) < 4.78 is 0. The zero-order valence-corrected chi connectivity index (χ0v) is 6.12. The molecular weight excluding hydrogens is 130 g/mol. The van der Waals surface area contributed by atoms with E-state index in [0.29, 0.717) is 12.3 Å². The van der Waals surface area contributed by atoms with Gasteiger partial charge in [0.2, 0.25) is 0 Å². The second kappa shape index (κ2) is 3.01. The van der Waals surface area contributed by atoms with Gasteiger partial charge in [-0.1, -0.05) is 12.1 Å². The third-order valence-corrected chi connectivity index (χ3v) is 2.13. The highest BCUT2D eigenvalue weighted by Crippen LogP contribution is 2.21. The quantitative estimate of drug-likeness (QED) is 0.392. The molecule has 1 rings (SSSR count). The lowest BCUT2D eigenvalue weighted by atomic mass is 9.87. The highest BCUT2D eigenvalue weighted by molar-refractivity contribution is 5.85. The normalized spacial score (nSPS) is 38.4. The smallest absolute Gasteiger partial charge is 0.0619 e.